The number of benzene rings is 2. The number of aromatic nitrogens is 1. The van der Waals surface area contributed by atoms with E-state index in [0.717, 1.165) is 42.1 Å². The molecule has 42 heavy (non-hydrogen) atoms. The number of pyridine rings is 1. The average molecular weight is 633 g/mol. The van der Waals surface area contributed by atoms with Crippen LogP contribution in [0.4, 0.5) is 17.2 Å². The summed E-state index contributed by atoms with van der Waals surface area (Å²) in [5.41, 5.74) is 0.0235. The number of anilines is 2. The Balaban J connectivity index is 1.40. The highest BCUT2D eigenvalue weighted by atomic mass is 35.5. The van der Waals surface area contributed by atoms with E-state index in [-0.39, 0.29) is 45.0 Å². The fourth-order valence-corrected chi connectivity index (χ4v) is 5.37. The van der Waals surface area contributed by atoms with Gasteiger partial charge in [0, 0.05) is 29.9 Å². The minimum atomic E-state index is -4.47. The predicted molar refractivity (Wildman–Crippen MR) is 154 cm³/mol. The van der Waals surface area contributed by atoms with Crippen LogP contribution in [0.1, 0.15) is 29.6 Å². The lowest BCUT2D eigenvalue weighted by Gasteiger charge is -2.22. The molecule has 2 heterocycles. The summed E-state index contributed by atoms with van der Waals surface area (Å²) in [7, 11) is -4.47. The first-order valence-electron chi connectivity index (χ1n) is 12.6. The zero-order valence-corrected chi connectivity index (χ0v) is 23.9. The number of nitro groups is 1. The van der Waals surface area contributed by atoms with Gasteiger partial charge in [0.25, 0.3) is 11.6 Å². The van der Waals surface area contributed by atoms with Crippen molar-refractivity contribution in [3.63, 3.8) is 0 Å². The van der Waals surface area contributed by atoms with Gasteiger partial charge in [0.05, 0.1) is 27.6 Å². The number of non-ortho nitro benzene ring substituents is 1. The molecule has 13 nitrogen and oxygen atoms in total. The minimum Gasteiger partial charge on any atom is -0.361 e. The summed E-state index contributed by atoms with van der Waals surface area (Å²) in [4.78, 5) is 40.6. The summed E-state index contributed by atoms with van der Waals surface area (Å²) in [6, 6.07) is 10.4. The number of amides is 2. The second kappa shape index (κ2) is 11.9. The van der Waals surface area contributed by atoms with Gasteiger partial charge in [-0.05, 0) is 61.2 Å². The molecular formula is C26H22Cl2N6O7S. The lowest BCUT2D eigenvalue weighted by molar-refractivity contribution is -0.384. The predicted octanol–water partition coefficient (Wildman–Crippen LogP) is 4.37. The number of hydrogen-bond acceptors (Lipinski definition) is 10. The number of halogens is 2. The van der Waals surface area contributed by atoms with E-state index in [9.17, 15) is 28.1 Å². The molecule has 2 amide bonds. The smallest absolute Gasteiger partial charge is 0.340 e. The molecule has 218 valence electrons. The largest absolute Gasteiger partial charge is 0.361 e. The number of nitrogens with zero attached hydrogens (tertiary/aromatic N) is 4. The highest BCUT2D eigenvalue weighted by Gasteiger charge is 2.39. The number of carbonyl (C=O) groups excluding carboxylic acids is 2. The van der Waals surface area contributed by atoms with Gasteiger partial charge < -0.3 is 14.8 Å². The van der Waals surface area contributed by atoms with Crippen molar-refractivity contribution in [1.82, 2.24) is 10.3 Å². The Hall–Kier alpha value is -4.27. The Labute approximate surface area is 249 Å². The molecule has 1 aromatic heterocycles. The van der Waals surface area contributed by atoms with Crippen molar-refractivity contribution in [1.29, 1.82) is 0 Å². The fraction of sp³-hybridized carbons (Fsp3) is 0.231. The van der Waals surface area contributed by atoms with Crippen LogP contribution in [0.25, 0.3) is 0 Å². The molecule has 1 atom stereocenters. The van der Waals surface area contributed by atoms with Gasteiger partial charge >= 0.3 is 10.1 Å². The molecular weight excluding hydrogens is 611 g/mol. The monoisotopic (exact) mass is 632 g/mol. The van der Waals surface area contributed by atoms with Gasteiger partial charge in [-0.3, -0.25) is 19.7 Å². The van der Waals surface area contributed by atoms with Crippen LogP contribution in [0.3, 0.4) is 0 Å². The standard InChI is InChI=1S/C26H22Cl2N6O7S/c27-16-5-10-21(19(12-16)25(35)30-14-15-3-4-15)31-26(36)22-13-23(32-33(22)24-20(28)2-1-11-29-24)41-42(39,40)18-8-6-17(7-9-18)34(37)38/h1-2,5-12,15,22H,3-4,13-14H2,(H,30,35)(H,31,36). The molecule has 1 aliphatic carbocycles. The molecule has 0 saturated heterocycles. The van der Waals surface area contributed by atoms with Crippen LogP contribution >= 0.6 is 23.2 Å². The summed E-state index contributed by atoms with van der Waals surface area (Å²) >= 11 is 12.4. The van der Waals surface area contributed by atoms with Crippen LogP contribution in [0.5, 0.6) is 0 Å². The molecule has 1 aliphatic heterocycles. The van der Waals surface area contributed by atoms with Crippen molar-refractivity contribution in [3.05, 3.63) is 86.5 Å². The van der Waals surface area contributed by atoms with Crippen LogP contribution in [0, 0.1) is 16.0 Å². The lowest BCUT2D eigenvalue weighted by Crippen LogP contribution is -2.39. The van der Waals surface area contributed by atoms with E-state index in [1.165, 1.54) is 30.5 Å². The summed E-state index contributed by atoms with van der Waals surface area (Å²) in [5.74, 6) is -0.937. The third-order valence-electron chi connectivity index (χ3n) is 6.42. The van der Waals surface area contributed by atoms with Gasteiger partial charge in [-0.15, -0.1) is 5.10 Å². The molecule has 2 aliphatic rings. The first-order valence-corrected chi connectivity index (χ1v) is 14.7. The van der Waals surface area contributed by atoms with Gasteiger partial charge in [0.2, 0.25) is 11.8 Å². The third kappa shape index (κ3) is 6.61. The Bertz CT molecular complexity index is 1700. The Morgan fingerprint density at radius 1 is 1.12 bits per heavy atom. The maximum Gasteiger partial charge on any atom is 0.340 e. The van der Waals surface area contributed by atoms with Crippen molar-refractivity contribution in [3.8, 4) is 0 Å². The molecule has 0 radical (unpaired) electrons. The van der Waals surface area contributed by atoms with E-state index < -0.39 is 32.9 Å². The molecule has 16 heteroatoms. The van der Waals surface area contributed by atoms with E-state index in [0.29, 0.717) is 17.5 Å². The SMILES string of the molecule is O=C(NCC1CC1)c1cc(Cl)ccc1NC(=O)C1CC(OS(=O)(=O)c2ccc([N+](=O)[O-])cc2)=NN1c1ncccc1Cl. The van der Waals surface area contributed by atoms with Crippen LogP contribution in [0.2, 0.25) is 10.0 Å². The van der Waals surface area contributed by atoms with Crippen LogP contribution in [0.15, 0.2) is 70.8 Å². The topological polar surface area (TPSA) is 173 Å². The van der Waals surface area contributed by atoms with Crippen molar-refractivity contribution in [2.75, 3.05) is 16.9 Å². The molecule has 1 unspecified atom stereocenters. The van der Waals surface area contributed by atoms with Gasteiger partial charge in [-0.2, -0.15) is 8.42 Å². The zero-order valence-electron chi connectivity index (χ0n) is 21.6. The first-order chi connectivity index (χ1) is 20.0. The summed E-state index contributed by atoms with van der Waals surface area (Å²) in [6.07, 6.45) is 3.18. The van der Waals surface area contributed by atoms with Gasteiger partial charge in [-0.1, -0.05) is 23.2 Å². The zero-order chi connectivity index (χ0) is 30.0. The van der Waals surface area contributed by atoms with E-state index in [1.807, 2.05) is 0 Å². The fourth-order valence-electron chi connectivity index (χ4n) is 4.07. The third-order valence-corrected chi connectivity index (χ3v) is 8.21. The maximum absolute atomic E-state index is 13.6. The maximum atomic E-state index is 13.6. The molecule has 0 spiro atoms. The van der Waals surface area contributed by atoms with Crippen molar-refractivity contribution in [2.24, 2.45) is 11.0 Å². The van der Waals surface area contributed by atoms with Gasteiger partial charge in [0.1, 0.15) is 10.9 Å². The number of rotatable bonds is 9. The quantitative estimate of drug-likeness (QED) is 0.197. The number of hydrogen-bond donors (Lipinski definition) is 2. The molecule has 2 N–H and O–H groups in total. The van der Waals surface area contributed by atoms with E-state index in [2.05, 4.69) is 20.7 Å². The van der Waals surface area contributed by atoms with Gasteiger partial charge in [0.15, 0.2) is 5.82 Å². The number of nitro benzene ring substituents is 1. The molecule has 5 rings (SSSR count). The molecule has 0 bridgehead atoms. The van der Waals surface area contributed by atoms with Crippen molar-refractivity contribution in [2.45, 2.75) is 30.2 Å². The van der Waals surface area contributed by atoms with Crippen molar-refractivity contribution >= 4 is 68.2 Å². The summed E-state index contributed by atoms with van der Waals surface area (Å²) < 4.78 is 31.1. The summed E-state index contributed by atoms with van der Waals surface area (Å²) in [5, 5.41) is 22.2. The molecule has 1 fully saturated rings. The average Bonchev–Trinajstić information content (AvgIpc) is 3.71. The van der Waals surface area contributed by atoms with Crippen LogP contribution in [-0.4, -0.2) is 48.6 Å². The summed E-state index contributed by atoms with van der Waals surface area (Å²) in [6.45, 7) is 0.505. The number of nitrogens with one attached hydrogen (secondary N) is 2. The number of hydrazone groups is 1. The lowest BCUT2D eigenvalue weighted by atomic mass is 10.1. The first kappa shape index (κ1) is 29.2. The molecule has 1 saturated carbocycles. The van der Waals surface area contributed by atoms with E-state index >= 15 is 0 Å². The normalized spacial score (nSPS) is 16.5. The van der Waals surface area contributed by atoms with Crippen LogP contribution < -0.4 is 15.6 Å². The highest BCUT2D eigenvalue weighted by molar-refractivity contribution is 7.87. The Kier molecular flexibility index (Phi) is 8.29. The van der Waals surface area contributed by atoms with Gasteiger partial charge in [-0.25, -0.2) is 9.99 Å². The van der Waals surface area contributed by atoms with Crippen molar-refractivity contribution < 1.29 is 27.1 Å². The second-order valence-corrected chi connectivity index (χ2v) is 11.9. The van der Waals surface area contributed by atoms with E-state index in [4.69, 9.17) is 27.4 Å². The Morgan fingerprint density at radius 3 is 2.52 bits per heavy atom. The molecule has 2 aromatic carbocycles. The van der Waals surface area contributed by atoms with Crippen LogP contribution in [-0.2, 0) is 19.1 Å². The van der Waals surface area contributed by atoms with E-state index in [1.54, 1.807) is 6.07 Å². The Morgan fingerprint density at radius 2 is 1.86 bits per heavy atom. The highest BCUT2D eigenvalue weighted by Crippen LogP contribution is 2.32. The second-order valence-electron chi connectivity index (χ2n) is 9.49. The number of carbonyl (C=O) groups is 2. The molecule has 3 aromatic rings. The minimum absolute atomic E-state index is 0.0594.